The maximum absolute atomic E-state index is 10.5. The molecule has 12 heavy (non-hydrogen) atoms. The van der Waals surface area contributed by atoms with Crippen molar-refractivity contribution in [3.05, 3.63) is 0 Å². The van der Waals surface area contributed by atoms with E-state index in [1.807, 2.05) is 26.0 Å². The molecule has 2 amide bonds. The molecule has 0 rings (SSSR count). The molecule has 0 saturated heterocycles. The topological polar surface area (TPSA) is 70.4 Å². The van der Waals surface area contributed by atoms with Gasteiger partial charge in [-0.05, 0) is 34.1 Å². The first-order valence-corrected chi connectivity index (χ1v) is 3.95. The van der Waals surface area contributed by atoms with Gasteiger partial charge in [-0.2, -0.15) is 0 Å². The van der Waals surface area contributed by atoms with Crippen LogP contribution in [0.2, 0.25) is 0 Å². The molecule has 0 fully saturated rings. The Balaban J connectivity index is 3.78. The van der Waals surface area contributed by atoms with E-state index in [0.29, 0.717) is 0 Å². The minimum absolute atomic E-state index is 0.00921. The molecule has 0 aromatic rings. The monoisotopic (exact) mass is 174 g/mol. The summed E-state index contributed by atoms with van der Waals surface area (Å²) in [6.45, 7) is 0.850. The predicted molar refractivity (Wildman–Crippen MR) is 48.7 cm³/mol. The van der Waals surface area contributed by atoms with Crippen molar-refractivity contribution in [2.45, 2.75) is 12.6 Å². The third-order valence-electron chi connectivity index (χ3n) is 1.60. The molecule has 0 aliphatic rings. The van der Waals surface area contributed by atoms with Gasteiger partial charge in [0.25, 0.3) is 0 Å². The highest BCUT2D eigenvalue weighted by atomic mass is 16.2. The highest BCUT2D eigenvalue weighted by Gasteiger charge is 2.10. The second-order valence-electron chi connectivity index (χ2n) is 2.88. The molecule has 0 aliphatic carbocycles. The third kappa shape index (κ3) is 4.92. The summed E-state index contributed by atoms with van der Waals surface area (Å²) in [5.41, 5.74) is 5.01. The van der Waals surface area contributed by atoms with Crippen LogP contribution in [0.3, 0.4) is 0 Å². The van der Waals surface area contributed by atoms with Gasteiger partial charge in [-0.25, -0.2) is 4.79 Å². The van der Waals surface area contributed by atoms with Crippen molar-refractivity contribution in [1.82, 2.24) is 15.5 Å². The lowest BCUT2D eigenvalue weighted by atomic mass is 10.3. The SMILES string of the molecule is CNCCC(NC(N)=O)N(C)C. The molecule has 0 aromatic heterocycles. The zero-order valence-corrected chi connectivity index (χ0v) is 7.92. The number of carbonyl (C=O) groups excluding carboxylic acids is 1. The van der Waals surface area contributed by atoms with Crippen LogP contribution in [-0.2, 0) is 0 Å². The molecule has 0 spiro atoms. The van der Waals surface area contributed by atoms with Crippen LogP contribution in [0.15, 0.2) is 0 Å². The van der Waals surface area contributed by atoms with Crippen molar-refractivity contribution in [2.75, 3.05) is 27.7 Å². The molecule has 0 aliphatic heterocycles. The Morgan fingerprint density at radius 3 is 2.50 bits per heavy atom. The molecule has 5 nitrogen and oxygen atoms in total. The lowest BCUT2D eigenvalue weighted by Gasteiger charge is -2.24. The lowest BCUT2D eigenvalue weighted by molar-refractivity contribution is 0.211. The highest BCUT2D eigenvalue weighted by Crippen LogP contribution is 1.93. The van der Waals surface area contributed by atoms with E-state index in [4.69, 9.17) is 5.73 Å². The molecular weight excluding hydrogens is 156 g/mol. The molecule has 1 unspecified atom stereocenters. The van der Waals surface area contributed by atoms with Crippen molar-refractivity contribution in [2.24, 2.45) is 5.73 Å². The van der Waals surface area contributed by atoms with Crippen LogP contribution in [0, 0.1) is 0 Å². The van der Waals surface area contributed by atoms with E-state index in [-0.39, 0.29) is 6.17 Å². The first-order valence-electron chi connectivity index (χ1n) is 3.95. The fourth-order valence-corrected chi connectivity index (χ4v) is 0.905. The van der Waals surface area contributed by atoms with Crippen molar-refractivity contribution in [3.63, 3.8) is 0 Å². The van der Waals surface area contributed by atoms with Gasteiger partial charge >= 0.3 is 6.03 Å². The maximum atomic E-state index is 10.5. The second-order valence-corrected chi connectivity index (χ2v) is 2.88. The first kappa shape index (κ1) is 11.2. The average molecular weight is 174 g/mol. The Bertz CT molecular complexity index is 137. The van der Waals surface area contributed by atoms with E-state index in [1.54, 1.807) is 0 Å². The summed E-state index contributed by atoms with van der Waals surface area (Å²) in [6, 6.07) is -0.482. The van der Waals surface area contributed by atoms with Gasteiger partial charge in [0.05, 0.1) is 6.17 Å². The molecule has 72 valence electrons. The number of nitrogens with two attached hydrogens (primary N) is 1. The standard InChI is InChI=1S/C7H18N4O/c1-9-5-4-6(11(2)3)10-7(8)12/h6,9H,4-5H2,1-3H3,(H3,8,10,12). The Hall–Kier alpha value is -0.810. The number of nitrogens with zero attached hydrogens (tertiary/aromatic N) is 1. The fraction of sp³-hybridized carbons (Fsp3) is 0.857. The highest BCUT2D eigenvalue weighted by molar-refractivity contribution is 5.71. The number of nitrogens with one attached hydrogen (secondary N) is 2. The number of hydrogen-bond acceptors (Lipinski definition) is 3. The van der Waals surface area contributed by atoms with Gasteiger partial charge in [0.1, 0.15) is 0 Å². The summed E-state index contributed by atoms with van der Waals surface area (Å²) in [4.78, 5) is 12.5. The zero-order valence-electron chi connectivity index (χ0n) is 7.92. The van der Waals surface area contributed by atoms with Gasteiger partial charge < -0.3 is 16.4 Å². The van der Waals surface area contributed by atoms with Crippen molar-refractivity contribution < 1.29 is 4.79 Å². The van der Waals surface area contributed by atoms with Crippen LogP contribution in [0.5, 0.6) is 0 Å². The molecule has 4 N–H and O–H groups in total. The lowest BCUT2D eigenvalue weighted by Crippen LogP contribution is -2.48. The number of carbonyl (C=O) groups is 1. The Labute approximate surface area is 73.3 Å². The summed E-state index contributed by atoms with van der Waals surface area (Å²) in [7, 11) is 5.67. The molecule has 0 radical (unpaired) electrons. The van der Waals surface area contributed by atoms with Crippen LogP contribution in [0.1, 0.15) is 6.42 Å². The third-order valence-corrected chi connectivity index (χ3v) is 1.60. The predicted octanol–water partition coefficient (Wildman–Crippen LogP) is -0.848. The molecule has 0 heterocycles. The smallest absolute Gasteiger partial charge is 0.313 e. The van der Waals surface area contributed by atoms with Crippen molar-refractivity contribution in [3.8, 4) is 0 Å². The van der Waals surface area contributed by atoms with Crippen molar-refractivity contribution >= 4 is 6.03 Å². The first-order chi connectivity index (χ1) is 5.57. The van der Waals surface area contributed by atoms with Gasteiger partial charge in [0.2, 0.25) is 0 Å². The van der Waals surface area contributed by atoms with E-state index < -0.39 is 6.03 Å². The van der Waals surface area contributed by atoms with E-state index in [1.165, 1.54) is 0 Å². The summed E-state index contributed by atoms with van der Waals surface area (Å²) in [5, 5.41) is 5.65. The quantitative estimate of drug-likeness (QED) is 0.476. The minimum atomic E-state index is -0.482. The average Bonchev–Trinajstić information content (AvgIpc) is 1.96. The Morgan fingerprint density at radius 2 is 2.17 bits per heavy atom. The Morgan fingerprint density at radius 1 is 1.58 bits per heavy atom. The summed E-state index contributed by atoms with van der Waals surface area (Å²) < 4.78 is 0. The van der Waals surface area contributed by atoms with Gasteiger partial charge in [0.15, 0.2) is 0 Å². The zero-order chi connectivity index (χ0) is 9.56. The van der Waals surface area contributed by atoms with Crippen LogP contribution >= 0.6 is 0 Å². The normalized spacial score (nSPS) is 13.0. The number of hydrogen-bond donors (Lipinski definition) is 3. The van der Waals surface area contributed by atoms with E-state index in [9.17, 15) is 4.79 Å². The van der Waals surface area contributed by atoms with Crippen LogP contribution in [0.25, 0.3) is 0 Å². The largest absolute Gasteiger partial charge is 0.352 e. The molecule has 1 atom stereocenters. The molecule has 5 heteroatoms. The van der Waals surface area contributed by atoms with E-state index >= 15 is 0 Å². The minimum Gasteiger partial charge on any atom is -0.352 e. The maximum Gasteiger partial charge on any atom is 0.313 e. The van der Waals surface area contributed by atoms with Gasteiger partial charge in [-0.15, -0.1) is 0 Å². The number of amides is 2. The molecular formula is C7H18N4O. The Kier molecular flexibility index (Phi) is 5.40. The van der Waals surface area contributed by atoms with Crippen LogP contribution in [0.4, 0.5) is 4.79 Å². The molecule has 0 aromatic carbocycles. The summed E-state index contributed by atoms with van der Waals surface area (Å²) in [6.07, 6.45) is 0.849. The summed E-state index contributed by atoms with van der Waals surface area (Å²) in [5.74, 6) is 0. The number of urea groups is 1. The van der Waals surface area contributed by atoms with Gasteiger partial charge in [-0.3, -0.25) is 4.90 Å². The molecule has 0 bridgehead atoms. The second kappa shape index (κ2) is 5.79. The van der Waals surface area contributed by atoms with E-state index in [0.717, 1.165) is 13.0 Å². The number of primary amides is 1. The van der Waals surface area contributed by atoms with Crippen molar-refractivity contribution in [1.29, 1.82) is 0 Å². The fourth-order valence-electron chi connectivity index (χ4n) is 0.905. The number of rotatable bonds is 5. The van der Waals surface area contributed by atoms with Gasteiger partial charge in [-0.1, -0.05) is 0 Å². The molecule has 0 saturated carbocycles. The van der Waals surface area contributed by atoms with Gasteiger partial charge in [0, 0.05) is 0 Å². The van der Waals surface area contributed by atoms with E-state index in [2.05, 4.69) is 10.6 Å². The van der Waals surface area contributed by atoms with Crippen LogP contribution < -0.4 is 16.4 Å². The van der Waals surface area contributed by atoms with Crippen LogP contribution in [-0.4, -0.2) is 44.8 Å². The summed E-state index contributed by atoms with van der Waals surface area (Å²) >= 11 is 0.